The summed E-state index contributed by atoms with van der Waals surface area (Å²) in [5.74, 6) is -0.338. The van der Waals surface area contributed by atoms with Crippen LogP contribution in [-0.2, 0) is 14.8 Å². The van der Waals surface area contributed by atoms with Crippen LogP contribution in [0.5, 0.6) is 0 Å². The maximum Gasteiger partial charge on any atom is 0.332 e. The number of carbonyl (C=O) groups excluding carboxylic acids is 2. The summed E-state index contributed by atoms with van der Waals surface area (Å²) in [5, 5.41) is 2.73. The van der Waals surface area contributed by atoms with Gasteiger partial charge in [-0.05, 0) is 31.5 Å². The Morgan fingerprint density at radius 3 is 2.48 bits per heavy atom. The molecule has 0 radical (unpaired) electrons. The van der Waals surface area contributed by atoms with Gasteiger partial charge in [0.05, 0.1) is 4.90 Å². The predicted octanol–water partition coefficient (Wildman–Crippen LogP) is 1.87. The van der Waals surface area contributed by atoms with Crippen molar-refractivity contribution in [1.82, 2.24) is 14.9 Å². The van der Waals surface area contributed by atoms with E-state index in [1.807, 2.05) is 26.0 Å². The lowest BCUT2D eigenvalue weighted by Gasteiger charge is -2.35. The van der Waals surface area contributed by atoms with Crippen molar-refractivity contribution in [3.63, 3.8) is 0 Å². The van der Waals surface area contributed by atoms with E-state index in [9.17, 15) is 18.0 Å². The van der Waals surface area contributed by atoms with Gasteiger partial charge in [0.1, 0.15) is 6.04 Å². The highest BCUT2D eigenvalue weighted by molar-refractivity contribution is 7.90. The third-order valence-corrected chi connectivity index (χ3v) is 5.72. The number of aryl methyl sites for hydroxylation is 2. The number of benzene rings is 2. The SMILES string of the molecule is Cc1ccc(S(=O)(=O)NC(=O)N2CCNC(=O)C2c2cccc(C)c2)cc1. The molecule has 0 aliphatic carbocycles. The molecule has 0 bridgehead atoms. The summed E-state index contributed by atoms with van der Waals surface area (Å²) in [6.07, 6.45) is 0. The zero-order valence-corrected chi connectivity index (χ0v) is 15.9. The highest BCUT2D eigenvalue weighted by Gasteiger charge is 2.36. The molecule has 2 N–H and O–H groups in total. The van der Waals surface area contributed by atoms with Crippen LogP contribution < -0.4 is 10.0 Å². The Balaban J connectivity index is 1.87. The number of piperazine rings is 1. The smallest absolute Gasteiger partial charge is 0.332 e. The Hall–Kier alpha value is -2.87. The monoisotopic (exact) mass is 387 g/mol. The molecule has 27 heavy (non-hydrogen) atoms. The number of amides is 3. The van der Waals surface area contributed by atoms with E-state index in [1.54, 1.807) is 24.3 Å². The summed E-state index contributed by atoms with van der Waals surface area (Å²) in [5.41, 5.74) is 2.49. The molecule has 1 heterocycles. The van der Waals surface area contributed by atoms with E-state index in [2.05, 4.69) is 10.0 Å². The summed E-state index contributed by atoms with van der Waals surface area (Å²) >= 11 is 0. The van der Waals surface area contributed by atoms with E-state index >= 15 is 0 Å². The molecule has 2 aromatic rings. The number of nitrogens with zero attached hydrogens (tertiary/aromatic N) is 1. The fourth-order valence-corrected chi connectivity index (χ4v) is 3.97. The van der Waals surface area contributed by atoms with Crippen molar-refractivity contribution < 1.29 is 18.0 Å². The second kappa shape index (κ2) is 7.40. The molecule has 1 aliphatic rings. The molecule has 1 atom stereocenters. The largest absolute Gasteiger partial charge is 0.352 e. The van der Waals surface area contributed by atoms with E-state index < -0.39 is 22.1 Å². The quantitative estimate of drug-likeness (QED) is 0.841. The van der Waals surface area contributed by atoms with Gasteiger partial charge in [-0.1, -0.05) is 47.5 Å². The molecule has 0 aromatic heterocycles. The summed E-state index contributed by atoms with van der Waals surface area (Å²) in [6, 6.07) is 11.7. The van der Waals surface area contributed by atoms with Gasteiger partial charge in [-0.25, -0.2) is 17.9 Å². The fraction of sp³-hybridized carbons (Fsp3) is 0.263. The third-order valence-electron chi connectivity index (χ3n) is 4.38. The molecule has 7 nitrogen and oxygen atoms in total. The first-order valence-electron chi connectivity index (χ1n) is 8.52. The van der Waals surface area contributed by atoms with Crippen molar-refractivity contribution in [1.29, 1.82) is 0 Å². The molecule has 3 amide bonds. The van der Waals surface area contributed by atoms with Crippen molar-refractivity contribution in [2.75, 3.05) is 13.1 Å². The highest BCUT2D eigenvalue weighted by atomic mass is 32.2. The molecular weight excluding hydrogens is 366 g/mol. The van der Waals surface area contributed by atoms with Crippen LogP contribution in [0.1, 0.15) is 22.7 Å². The van der Waals surface area contributed by atoms with Crippen LogP contribution in [0.15, 0.2) is 53.4 Å². The Bertz CT molecular complexity index is 971. The van der Waals surface area contributed by atoms with Gasteiger partial charge in [0.25, 0.3) is 10.0 Å². The van der Waals surface area contributed by atoms with Crippen LogP contribution in [0.3, 0.4) is 0 Å². The topological polar surface area (TPSA) is 95.6 Å². The first-order valence-corrected chi connectivity index (χ1v) is 10.0. The molecule has 1 fully saturated rings. The molecule has 0 spiro atoms. The number of urea groups is 1. The van der Waals surface area contributed by atoms with Gasteiger partial charge >= 0.3 is 6.03 Å². The number of carbonyl (C=O) groups is 2. The lowest BCUT2D eigenvalue weighted by atomic mass is 10.0. The molecule has 0 saturated carbocycles. The van der Waals surface area contributed by atoms with Crippen molar-refractivity contribution in [3.8, 4) is 0 Å². The minimum atomic E-state index is -4.03. The van der Waals surface area contributed by atoms with Crippen molar-refractivity contribution >= 4 is 22.0 Å². The number of nitrogens with one attached hydrogen (secondary N) is 2. The average molecular weight is 387 g/mol. The van der Waals surface area contributed by atoms with E-state index in [1.165, 1.54) is 17.0 Å². The van der Waals surface area contributed by atoms with Gasteiger partial charge in [0.15, 0.2) is 0 Å². The molecule has 2 aromatic carbocycles. The number of rotatable bonds is 3. The molecule has 1 unspecified atom stereocenters. The van der Waals surface area contributed by atoms with Crippen molar-refractivity contribution in [2.24, 2.45) is 0 Å². The van der Waals surface area contributed by atoms with E-state index in [-0.39, 0.29) is 23.9 Å². The average Bonchev–Trinajstić information content (AvgIpc) is 2.61. The zero-order chi connectivity index (χ0) is 19.6. The Kier molecular flexibility index (Phi) is 5.18. The van der Waals surface area contributed by atoms with Gasteiger partial charge < -0.3 is 10.2 Å². The van der Waals surface area contributed by atoms with Gasteiger partial charge in [-0.2, -0.15) is 0 Å². The minimum Gasteiger partial charge on any atom is -0.352 e. The zero-order valence-electron chi connectivity index (χ0n) is 15.1. The second-order valence-corrected chi connectivity index (χ2v) is 8.21. The van der Waals surface area contributed by atoms with Crippen LogP contribution in [0, 0.1) is 13.8 Å². The Morgan fingerprint density at radius 1 is 1.11 bits per heavy atom. The van der Waals surface area contributed by atoms with Crippen LogP contribution in [-0.4, -0.2) is 38.3 Å². The van der Waals surface area contributed by atoms with Crippen LogP contribution in [0.2, 0.25) is 0 Å². The van der Waals surface area contributed by atoms with Gasteiger partial charge in [-0.3, -0.25) is 4.79 Å². The van der Waals surface area contributed by atoms with Crippen molar-refractivity contribution in [3.05, 3.63) is 65.2 Å². The van der Waals surface area contributed by atoms with Crippen LogP contribution in [0.25, 0.3) is 0 Å². The highest BCUT2D eigenvalue weighted by Crippen LogP contribution is 2.24. The number of sulfonamides is 1. The Morgan fingerprint density at radius 2 is 1.81 bits per heavy atom. The molecule has 1 saturated heterocycles. The molecule has 142 valence electrons. The van der Waals surface area contributed by atoms with E-state index in [4.69, 9.17) is 0 Å². The van der Waals surface area contributed by atoms with Crippen LogP contribution >= 0.6 is 0 Å². The fourth-order valence-electron chi connectivity index (χ4n) is 3.01. The number of hydrogen-bond acceptors (Lipinski definition) is 4. The molecule has 1 aliphatic heterocycles. The summed E-state index contributed by atoms with van der Waals surface area (Å²) in [6.45, 7) is 4.20. The predicted molar refractivity (Wildman–Crippen MR) is 101 cm³/mol. The van der Waals surface area contributed by atoms with Gasteiger partial charge in [0.2, 0.25) is 5.91 Å². The second-order valence-electron chi connectivity index (χ2n) is 6.52. The van der Waals surface area contributed by atoms with Crippen molar-refractivity contribution in [2.45, 2.75) is 24.8 Å². The van der Waals surface area contributed by atoms with Gasteiger partial charge in [0, 0.05) is 13.1 Å². The molecule has 3 rings (SSSR count). The normalized spacial score (nSPS) is 17.3. The lowest BCUT2D eigenvalue weighted by molar-refractivity contribution is -0.127. The maximum atomic E-state index is 12.7. The standard InChI is InChI=1S/C19H21N3O4S/c1-13-6-8-16(9-7-13)27(25,26)21-19(24)22-11-10-20-18(23)17(22)15-5-3-4-14(2)12-15/h3-9,12,17H,10-11H2,1-2H3,(H,20,23)(H,21,24). The first kappa shape index (κ1) is 18.9. The third kappa shape index (κ3) is 4.11. The summed E-state index contributed by atoms with van der Waals surface area (Å²) in [4.78, 5) is 26.4. The Labute approximate surface area is 158 Å². The van der Waals surface area contributed by atoms with E-state index in [0.717, 1.165) is 11.1 Å². The number of hydrogen-bond donors (Lipinski definition) is 2. The van der Waals surface area contributed by atoms with Gasteiger partial charge in [-0.15, -0.1) is 0 Å². The summed E-state index contributed by atoms with van der Waals surface area (Å²) in [7, 11) is -4.03. The minimum absolute atomic E-state index is 0.00461. The first-order chi connectivity index (χ1) is 12.8. The maximum absolute atomic E-state index is 12.7. The molecular formula is C19H21N3O4S. The van der Waals surface area contributed by atoms with E-state index in [0.29, 0.717) is 5.56 Å². The summed E-state index contributed by atoms with van der Waals surface area (Å²) < 4.78 is 27.1. The lowest BCUT2D eigenvalue weighted by Crippen LogP contribution is -2.55. The van der Waals surface area contributed by atoms with Crippen LogP contribution in [0.4, 0.5) is 4.79 Å². The molecule has 8 heteroatoms.